The van der Waals surface area contributed by atoms with Gasteiger partial charge in [-0.15, -0.1) is 0 Å². The number of fused-ring (bicyclic) bond motifs is 1. The number of rotatable bonds is 2. The second-order valence-corrected chi connectivity index (χ2v) is 6.87. The third kappa shape index (κ3) is 1.98. The van der Waals surface area contributed by atoms with Gasteiger partial charge in [0.15, 0.2) is 0 Å². The van der Waals surface area contributed by atoms with Gasteiger partial charge in [-0.25, -0.2) is 0 Å². The highest BCUT2D eigenvalue weighted by molar-refractivity contribution is 7.80. The molecule has 1 heterocycles. The van der Waals surface area contributed by atoms with Crippen LogP contribution < -0.4 is 5.73 Å². The molecule has 3 unspecified atom stereocenters. The molecule has 1 aliphatic heterocycles. The van der Waals surface area contributed by atoms with E-state index < -0.39 is 5.41 Å². The van der Waals surface area contributed by atoms with E-state index in [1.807, 2.05) is 4.90 Å². The summed E-state index contributed by atoms with van der Waals surface area (Å²) in [6, 6.07) is 0. The van der Waals surface area contributed by atoms with Gasteiger partial charge in [0.25, 0.3) is 0 Å². The molecule has 106 valence electrons. The second kappa shape index (κ2) is 4.70. The number of nitrogens with zero attached hydrogens (tertiary/aromatic N) is 1. The lowest BCUT2D eigenvalue weighted by molar-refractivity contribution is -0.137. The summed E-state index contributed by atoms with van der Waals surface area (Å²) in [7, 11) is 0. The fourth-order valence-corrected chi connectivity index (χ4v) is 4.54. The summed E-state index contributed by atoms with van der Waals surface area (Å²) in [6.07, 6.45) is 5.37. The first-order valence-corrected chi connectivity index (χ1v) is 7.73. The molecule has 0 bridgehead atoms. The fraction of sp³-hybridized carbons (Fsp3) is 0.857. The normalized spacial score (nSPS) is 36.5. The van der Waals surface area contributed by atoms with Crippen LogP contribution in [-0.4, -0.2) is 40.1 Å². The summed E-state index contributed by atoms with van der Waals surface area (Å²) in [5, 5.41) is 9.95. The van der Waals surface area contributed by atoms with Crippen molar-refractivity contribution >= 4 is 23.1 Å². The van der Waals surface area contributed by atoms with Crippen LogP contribution >= 0.6 is 12.2 Å². The number of hydrogen-bond donors (Lipinski definition) is 2. The average Bonchev–Trinajstić information content (AvgIpc) is 3.06. The number of carbonyl (C=O) groups is 1. The van der Waals surface area contributed by atoms with Crippen LogP contribution in [0.2, 0.25) is 0 Å². The minimum absolute atomic E-state index is 0.124. The van der Waals surface area contributed by atoms with E-state index in [1.165, 1.54) is 0 Å². The number of hydrogen-bond acceptors (Lipinski definition) is 3. The molecule has 19 heavy (non-hydrogen) atoms. The molecule has 1 amide bonds. The van der Waals surface area contributed by atoms with Crippen LogP contribution in [0, 0.1) is 17.3 Å². The summed E-state index contributed by atoms with van der Waals surface area (Å²) in [5.74, 6) is 0.872. The van der Waals surface area contributed by atoms with E-state index in [0.717, 1.165) is 45.1 Å². The average molecular weight is 282 g/mol. The molecule has 5 heteroatoms. The van der Waals surface area contributed by atoms with Crippen LogP contribution in [0.1, 0.15) is 38.5 Å². The Morgan fingerprint density at radius 2 is 1.95 bits per heavy atom. The van der Waals surface area contributed by atoms with Crippen molar-refractivity contribution in [3.63, 3.8) is 0 Å². The lowest BCUT2D eigenvalue weighted by Crippen LogP contribution is -2.48. The largest absolute Gasteiger partial charge is 0.393 e. The van der Waals surface area contributed by atoms with Gasteiger partial charge in [-0.2, -0.15) is 0 Å². The van der Waals surface area contributed by atoms with E-state index >= 15 is 0 Å². The van der Waals surface area contributed by atoms with Crippen LogP contribution in [0.4, 0.5) is 0 Å². The van der Waals surface area contributed by atoms with Crippen LogP contribution in [0.25, 0.3) is 0 Å². The zero-order valence-electron chi connectivity index (χ0n) is 11.2. The monoisotopic (exact) mass is 282 g/mol. The molecular formula is C14H22N2O2S. The van der Waals surface area contributed by atoms with Crippen molar-refractivity contribution < 1.29 is 9.90 Å². The third-order valence-electron chi connectivity index (χ3n) is 5.44. The number of carbonyl (C=O) groups excluding carboxylic acids is 1. The lowest BCUT2D eigenvalue weighted by Gasteiger charge is -2.32. The molecule has 1 saturated heterocycles. The van der Waals surface area contributed by atoms with Crippen LogP contribution in [-0.2, 0) is 4.79 Å². The number of nitrogens with two attached hydrogens (primary N) is 1. The van der Waals surface area contributed by atoms with Crippen molar-refractivity contribution in [1.82, 2.24) is 4.90 Å². The van der Waals surface area contributed by atoms with Gasteiger partial charge in [0, 0.05) is 19.0 Å². The quantitative estimate of drug-likeness (QED) is 0.743. The van der Waals surface area contributed by atoms with Crippen molar-refractivity contribution in [3.05, 3.63) is 0 Å². The molecule has 3 N–H and O–H groups in total. The van der Waals surface area contributed by atoms with Gasteiger partial charge in [-0.05, 0) is 31.6 Å². The Labute approximate surface area is 119 Å². The van der Waals surface area contributed by atoms with Crippen LogP contribution in [0.15, 0.2) is 0 Å². The zero-order chi connectivity index (χ0) is 13.6. The SMILES string of the molecule is NC(=S)C1(C(=O)N2CC3CCC(O)C3C2)CCCC1. The Balaban J connectivity index is 1.76. The van der Waals surface area contributed by atoms with Gasteiger partial charge in [0.05, 0.1) is 16.5 Å². The molecule has 3 rings (SSSR count). The van der Waals surface area contributed by atoms with E-state index in [1.54, 1.807) is 0 Å². The van der Waals surface area contributed by atoms with E-state index in [0.29, 0.717) is 17.5 Å². The van der Waals surface area contributed by atoms with E-state index in [2.05, 4.69) is 0 Å². The molecule has 3 atom stereocenters. The first-order valence-electron chi connectivity index (χ1n) is 7.32. The maximum absolute atomic E-state index is 12.8. The third-order valence-corrected chi connectivity index (χ3v) is 5.84. The Hall–Kier alpha value is -0.680. The maximum Gasteiger partial charge on any atom is 0.235 e. The molecule has 0 aromatic carbocycles. The van der Waals surface area contributed by atoms with Crippen molar-refractivity contribution in [3.8, 4) is 0 Å². The van der Waals surface area contributed by atoms with Gasteiger partial charge in [0.2, 0.25) is 5.91 Å². The summed E-state index contributed by atoms with van der Waals surface area (Å²) in [4.78, 5) is 15.1. The highest BCUT2D eigenvalue weighted by Crippen LogP contribution is 2.44. The van der Waals surface area contributed by atoms with Crippen molar-refractivity contribution in [2.45, 2.75) is 44.6 Å². The minimum atomic E-state index is -0.584. The summed E-state index contributed by atoms with van der Waals surface area (Å²) in [6.45, 7) is 1.47. The van der Waals surface area contributed by atoms with Crippen LogP contribution in [0.5, 0.6) is 0 Å². The topological polar surface area (TPSA) is 66.6 Å². The highest BCUT2D eigenvalue weighted by Gasteiger charge is 2.50. The molecule has 2 saturated carbocycles. The number of likely N-dealkylation sites (tertiary alicyclic amines) is 1. The number of aliphatic hydroxyl groups is 1. The fourth-order valence-electron chi connectivity index (χ4n) is 4.25. The van der Waals surface area contributed by atoms with E-state index in [-0.39, 0.29) is 17.9 Å². The van der Waals surface area contributed by atoms with Gasteiger partial charge >= 0.3 is 0 Å². The van der Waals surface area contributed by atoms with Crippen molar-refractivity contribution in [2.75, 3.05) is 13.1 Å². The predicted octanol–water partition coefficient (Wildman–Crippen LogP) is 1.06. The molecule has 0 radical (unpaired) electrons. The van der Waals surface area contributed by atoms with E-state index in [4.69, 9.17) is 18.0 Å². The number of aliphatic hydroxyl groups excluding tert-OH is 1. The van der Waals surface area contributed by atoms with Gasteiger partial charge < -0.3 is 15.7 Å². The lowest BCUT2D eigenvalue weighted by atomic mass is 9.84. The Morgan fingerprint density at radius 3 is 2.53 bits per heavy atom. The molecule has 4 nitrogen and oxygen atoms in total. The molecule has 0 spiro atoms. The summed E-state index contributed by atoms with van der Waals surface area (Å²) < 4.78 is 0. The van der Waals surface area contributed by atoms with Gasteiger partial charge in [0.1, 0.15) is 0 Å². The molecular weight excluding hydrogens is 260 g/mol. The number of thiocarbonyl (C=S) groups is 1. The van der Waals surface area contributed by atoms with Gasteiger partial charge in [-0.1, -0.05) is 25.1 Å². The van der Waals surface area contributed by atoms with Crippen molar-refractivity contribution in [2.24, 2.45) is 23.0 Å². The Bertz CT molecular complexity index is 406. The zero-order valence-corrected chi connectivity index (χ0v) is 12.0. The predicted molar refractivity (Wildman–Crippen MR) is 76.5 cm³/mol. The second-order valence-electron chi connectivity index (χ2n) is 6.43. The van der Waals surface area contributed by atoms with Crippen LogP contribution in [0.3, 0.4) is 0 Å². The molecule has 3 fully saturated rings. The molecule has 0 aromatic heterocycles. The highest BCUT2D eigenvalue weighted by atomic mass is 32.1. The molecule has 3 aliphatic rings. The summed E-state index contributed by atoms with van der Waals surface area (Å²) in [5.41, 5.74) is 5.29. The Morgan fingerprint density at radius 1 is 1.26 bits per heavy atom. The molecule has 2 aliphatic carbocycles. The smallest absolute Gasteiger partial charge is 0.235 e. The first-order chi connectivity index (χ1) is 9.04. The van der Waals surface area contributed by atoms with Gasteiger partial charge in [-0.3, -0.25) is 4.79 Å². The van der Waals surface area contributed by atoms with Crippen molar-refractivity contribution in [1.29, 1.82) is 0 Å². The number of amides is 1. The standard InChI is InChI=1S/C14H22N2O2S/c15-12(19)14(5-1-2-6-14)13(18)16-7-9-3-4-11(17)10(9)8-16/h9-11,17H,1-8H2,(H2,15,19). The van der Waals surface area contributed by atoms with E-state index in [9.17, 15) is 9.90 Å². The Kier molecular flexibility index (Phi) is 3.29. The minimum Gasteiger partial charge on any atom is -0.393 e. The summed E-state index contributed by atoms with van der Waals surface area (Å²) >= 11 is 5.18. The maximum atomic E-state index is 12.8. The molecule has 0 aromatic rings. The first kappa shape index (κ1) is 13.3.